The third-order valence-corrected chi connectivity index (χ3v) is 3.11. The van der Waals surface area contributed by atoms with Crippen molar-refractivity contribution in [1.29, 1.82) is 0 Å². The molecule has 1 heterocycles. The molecule has 17 heavy (non-hydrogen) atoms. The molecule has 1 N–H and O–H groups in total. The zero-order chi connectivity index (χ0) is 11.7. The highest BCUT2D eigenvalue weighted by Crippen LogP contribution is 2.27. The highest BCUT2D eigenvalue weighted by Gasteiger charge is 2.04. The SMILES string of the molecule is CC/C=C/c1cccc2c1[nH]c1ccccc12. The molecule has 0 bridgehead atoms. The number of fused-ring (bicyclic) bond motifs is 3. The van der Waals surface area contributed by atoms with Crippen molar-refractivity contribution in [3.63, 3.8) is 0 Å². The summed E-state index contributed by atoms with van der Waals surface area (Å²) in [5.74, 6) is 0. The quantitative estimate of drug-likeness (QED) is 0.643. The summed E-state index contributed by atoms with van der Waals surface area (Å²) in [6, 6.07) is 14.9. The first-order valence-corrected chi connectivity index (χ1v) is 6.06. The van der Waals surface area contributed by atoms with Crippen LogP contribution in [0.3, 0.4) is 0 Å². The molecule has 3 rings (SSSR count). The first-order chi connectivity index (χ1) is 8.40. The van der Waals surface area contributed by atoms with E-state index in [2.05, 4.69) is 66.5 Å². The van der Waals surface area contributed by atoms with Crippen molar-refractivity contribution in [3.8, 4) is 0 Å². The van der Waals surface area contributed by atoms with Gasteiger partial charge in [-0.2, -0.15) is 0 Å². The van der Waals surface area contributed by atoms with Gasteiger partial charge >= 0.3 is 0 Å². The lowest BCUT2D eigenvalue weighted by molar-refractivity contribution is 1.23. The van der Waals surface area contributed by atoms with E-state index < -0.39 is 0 Å². The summed E-state index contributed by atoms with van der Waals surface area (Å²) in [6.07, 6.45) is 5.45. The number of para-hydroxylation sites is 2. The minimum atomic E-state index is 1.07. The van der Waals surface area contributed by atoms with Gasteiger partial charge in [-0.05, 0) is 18.1 Å². The van der Waals surface area contributed by atoms with Crippen LogP contribution < -0.4 is 0 Å². The van der Waals surface area contributed by atoms with Gasteiger partial charge in [0.1, 0.15) is 0 Å². The van der Waals surface area contributed by atoms with Gasteiger partial charge in [0.05, 0.1) is 5.52 Å². The van der Waals surface area contributed by atoms with Crippen LogP contribution in [0.4, 0.5) is 0 Å². The Bertz CT molecular complexity index is 689. The molecule has 0 aliphatic carbocycles. The zero-order valence-electron chi connectivity index (χ0n) is 9.90. The fraction of sp³-hybridized carbons (Fsp3) is 0.125. The van der Waals surface area contributed by atoms with Crippen LogP contribution in [0.1, 0.15) is 18.9 Å². The number of hydrogen-bond donors (Lipinski definition) is 1. The minimum Gasteiger partial charge on any atom is -0.354 e. The second-order valence-electron chi connectivity index (χ2n) is 4.25. The summed E-state index contributed by atoms with van der Waals surface area (Å²) in [4.78, 5) is 3.50. The molecular formula is C16H15N. The maximum Gasteiger partial charge on any atom is 0.0538 e. The van der Waals surface area contributed by atoms with Crippen LogP contribution in [0.15, 0.2) is 48.5 Å². The van der Waals surface area contributed by atoms with Crippen LogP contribution in [0.2, 0.25) is 0 Å². The molecule has 0 radical (unpaired) electrons. The minimum absolute atomic E-state index is 1.07. The van der Waals surface area contributed by atoms with Crippen molar-refractivity contribution < 1.29 is 0 Å². The number of aromatic amines is 1. The third-order valence-electron chi connectivity index (χ3n) is 3.11. The largest absolute Gasteiger partial charge is 0.354 e. The van der Waals surface area contributed by atoms with Gasteiger partial charge < -0.3 is 4.98 Å². The van der Waals surface area contributed by atoms with E-state index in [1.807, 2.05) is 0 Å². The van der Waals surface area contributed by atoms with E-state index >= 15 is 0 Å². The first kappa shape index (κ1) is 10.2. The summed E-state index contributed by atoms with van der Waals surface area (Å²) in [5, 5.41) is 2.60. The van der Waals surface area contributed by atoms with Gasteiger partial charge in [0.25, 0.3) is 0 Å². The van der Waals surface area contributed by atoms with E-state index in [-0.39, 0.29) is 0 Å². The fourth-order valence-electron chi connectivity index (χ4n) is 2.28. The Kier molecular flexibility index (Phi) is 2.45. The Morgan fingerprint density at radius 2 is 1.82 bits per heavy atom. The lowest BCUT2D eigenvalue weighted by Gasteiger charge is -1.96. The molecule has 0 aliphatic heterocycles. The van der Waals surface area contributed by atoms with Crippen molar-refractivity contribution in [3.05, 3.63) is 54.1 Å². The van der Waals surface area contributed by atoms with Crippen LogP contribution in [-0.4, -0.2) is 4.98 Å². The fourth-order valence-corrected chi connectivity index (χ4v) is 2.28. The van der Waals surface area contributed by atoms with Gasteiger partial charge in [-0.25, -0.2) is 0 Å². The normalized spacial score (nSPS) is 11.8. The topological polar surface area (TPSA) is 15.8 Å². The van der Waals surface area contributed by atoms with Gasteiger partial charge in [-0.1, -0.05) is 55.5 Å². The highest BCUT2D eigenvalue weighted by atomic mass is 14.7. The molecule has 0 saturated heterocycles. The van der Waals surface area contributed by atoms with Gasteiger partial charge in [0.15, 0.2) is 0 Å². The van der Waals surface area contributed by atoms with Crippen LogP contribution >= 0.6 is 0 Å². The van der Waals surface area contributed by atoms with E-state index in [9.17, 15) is 0 Å². The predicted octanol–water partition coefficient (Wildman–Crippen LogP) is 4.74. The number of hydrogen-bond acceptors (Lipinski definition) is 0. The summed E-state index contributed by atoms with van der Waals surface area (Å²) >= 11 is 0. The predicted molar refractivity (Wildman–Crippen MR) is 75.1 cm³/mol. The first-order valence-electron chi connectivity index (χ1n) is 6.06. The number of H-pyrrole nitrogens is 1. The molecule has 3 aromatic rings. The molecule has 84 valence electrons. The third kappa shape index (κ3) is 1.64. The van der Waals surface area contributed by atoms with Crippen LogP contribution in [-0.2, 0) is 0 Å². The van der Waals surface area contributed by atoms with Gasteiger partial charge in [0, 0.05) is 16.3 Å². The molecule has 1 aromatic heterocycles. The average molecular weight is 221 g/mol. The average Bonchev–Trinajstić information content (AvgIpc) is 2.75. The highest BCUT2D eigenvalue weighted by molar-refractivity contribution is 6.09. The number of allylic oxidation sites excluding steroid dienone is 1. The lowest BCUT2D eigenvalue weighted by Crippen LogP contribution is -1.75. The Balaban J connectivity index is 2.35. The number of benzene rings is 2. The molecule has 0 amide bonds. The van der Waals surface area contributed by atoms with Crippen molar-refractivity contribution in [2.24, 2.45) is 0 Å². The van der Waals surface area contributed by atoms with Crippen molar-refractivity contribution in [1.82, 2.24) is 4.98 Å². The molecular weight excluding hydrogens is 206 g/mol. The maximum absolute atomic E-state index is 3.50. The van der Waals surface area contributed by atoms with Crippen molar-refractivity contribution in [2.75, 3.05) is 0 Å². The number of aromatic nitrogens is 1. The molecule has 1 heteroatoms. The second-order valence-corrected chi connectivity index (χ2v) is 4.25. The summed E-state index contributed by atoms with van der Waals surface area (Å²) in [6.45, 7) is 2.15. The zero-order valence-corrected chi connectivity index (χ0v) is 9.90. The number of rotatable bonds is 2. The van der Waals surface area contributed by atoms with E-state index in [0.29, 0.717) is 0 Å². The van der Waals surface area contributed by atoms with Crippen LogP contribution in [0.5, 0.6) is 0 Å². The molecule has 0 fully saturated rings. The summed E-state index contributed by atoms with van der Waals surface area (Å²) in [7, 11) is 0. The second kappa shape index (κ2) is 4.10. The van der Waals surface area contributed by atoms with Crippen molar-refractivity contribution in [2.45, 2.75) is 13.3 Å². The van der Waals surface area contributed by atoms with Crippen LogP contribution in [0, 0.1) is 0 Å². The Labute approximate surface area is 101 Å². The Morgan fingerprint density at radius 3 is 2.71 bits per heavy atom. The number of nitrogens with one attached hydrogen (secondary N) is 1. The van der Waals surface area contributed by atoms with Gasteiger partial charge in [-0.3, -0.25) is 0 Å². The molecule has 0 unspecified atom stereocenters. The van der Waals surface area contributed by atoms with Gasteiger partial charge in [0.2, 0.25) is 0 Å². The Morgan fingerprint density at radius 1 is 1.00 bits per heavy atom. The molecule has 0 saturated carbocycles. The molecule has 1 nitrogen and oxygen atoms in total. The van der Waals surface area contributed by atoms with Gasteiger partial charge in [-0.15, -0.1) is 0 Å². The molecule has 0 spiro atoms. The van der Waals surface area contributed by atoms with E-state index in [1.54, 1.807) is 0 Å². The summed E-state index contributed by atoms with van der Waals surface area (Å²) < 4.78 is 0. The van der Waals surface area contributed by atoms with E-state index in [0.717, 1.165) is 6.42 Å². The Hall–Kier alpha value is -2.02. The molecule has 0 atom stereocenters. The maximum atomic E-state index is 3.50. The van der Waals surface area contributed by atoms with Crippen molar-refractivity contribution >= 4 is 27.9 Å². The standard InChI is InChI=1S/C16H15N/c1-2-3-7-12-8-6-10-14-13-9-4-5-11-15(13)17-16(12)14/h3-11,17H,2H2,1H3/b7-3+. The van der Waals surface area contributed by atoms with E-state index in [1.165, 1.54) is 27.4 Å². The van der Waals surface area contributed by atoms with Crippen LogP contribution in [0.25, 0.3) is 27.9 Å². The lowest BCUT2D eigenvalue weighted by atomic mass is 10.1. The summed E-state index contributed by atoms with van der Waals surface area (Å²) in [5.41, 5.74) is 3.71. The smallest absolute Gasteiger partial charge is 0.0538 e. The monoisotopic (exact) mass is 221 g/mol. The molecule has 0 aliphatic rings. The van der Waals surface area contributed by atoms with E-state index in [4.69, 9.17) is 0 Å². The molecule has 2 aromatic carbocycles.